The highest BCUT2D eigenvalue weighted by Crippen LogP contribution is 2.29. The molecule has 1 nitrogen and oxygen atoms in total. The van der Waals surface area contributed by atoms with Crippen molar-refractivity contribution in [3.8, 4) is 0 Å². The van der Waals surface area contributed by atoms with E-state index < -0.39 is 0 Å². The summed E-state index contributed by atoms with van der Waals surface area (Å²) >= 11 is 0. The van der Waals surface area contributed by atoms with E-state index in [0.717, 1.165) is 18.0 Å². The van der Waals surface area contributed by atoms with Gasteiger partial charge in [-0.1, -0.05) is 51.9 Å². The summed E-state index contributed by atoms with van der Waals surface area (Å²) < 4.78 is 0. The highest BCUT2D eigenvalue weighted by molar-refractivity contribution is 4.82. The van der Waals surface area contributed by atoms with E-state index in [9.17, 15) is 0 Å². The van der Waals surface area contributed by atoms with Gasteiger partial charge in [0.2, 0.25) is 0 Å². The fourth-order valence-electron chi connectivity index (χ4n) is 3.87. The minimum atomic E-state index is 0.818. The number of rotatable bonds is 4. The third-order valence-electron chi connectivity index (χ3n) is 4.96. The quantitative estimate of drug-likeness (QED) is 0.701. The maximum absolute atomic E-state index is 4.02. The molecule has 2 aliphatic carbocycles. The van der Waals surface area contributed by atoms with Gasteiger partial charge in [-0.25, -0.2) is 0 Å². The molecule has 0 bridgehead atoms. The first kappa shape index (κ1) is 13.4. The molecule has 2 saturated carbocycles. The summed E-state index contributed by atoms with van der Waals surface area (Å²) in [6.07, 6.45) is 17.5. The number of hydrogen-bond donors (Lipinski definition) is 1. The summed E-state index contributed by atoms with van der Waals surface area (Å²) in [5, 5.41) is 4.02. The van der Waals surface area contributed by atoms with Gasteiger partial charge < -0.3 is 5.32 Å². The highest BCUT2D eigenvalue weighted by atomic mass is 15.0. The molecule has 17 heavy (non-hydrogen) atoms. The SMILES string of the molecule is CCC(NC1CCCCCC1)C1CCCCC1. The molecular formula is C16H31N. The van der Waals surface area contributed by atoms with Crippen LogP contribution in [-0.4, -0.2) is 12.1 Å². The van der Waals surface area contributed by atoms with Gasteiger partial charge in [0.05, 0.1) is 0 Å². The van der Waals surface area contributed by atoms with E-state index in [-0.39, 0.29) is 0 Å². The Labute approximate surface area is 108 Å². The molecule has 2 fully saturated rings. The molecule has 100 valence electrons. The molecule has 0 aromatic carbocycles. The van der Waals surface area contributed by atoms with Crippen molar-refractivity contribution in [2.75, 3.05) is 0 Å². The molecule has 1 N–H and O–H groups in total. The zero-order valence-electron chi connectivity index (χ0n) is 11.7. The van der Waals surface area contributed by atoms with Crippen LogP contribution in [0, 0.1) is 5.92 Å². The van der Waals surface area contributed by atoms with Gasteiger partial charge in [0.1, 0.15) is 0 Å². The molecule has 0 saturated heterocycles. The van der Waals surface area contributed by atoms with Gasteiger partial charge >= 0.3 is 0 Å². The predicted octanol–water partition coefficient (Wildman–Crippen LogP) is 4.66. The fraction of sp³-hybridized carbons (Fsp3) is 1.00. The summed E-state index contributed by atoms with van der Waals surface area (Å²) in [6, 6.07) is 1.66. The van der Waals surface area contributed by atoms with E-state index in [1.54, 1.807) is 0 Å². The van der Waals surface area contributed by atoms with Crippen LogP contribution in [0.4, 0.5) is 0 Å². The van der Waals surface area contributed by atoms with Crippen molar-refractivity contribution in [1.29, 1.82) is 0 Å². The second-order valence-electron chi connectivity index (χ2n) is 6.27. The molecule has 0 aromatic heterocycles. The van der Waals surface area contributed by atoms with Gasteiger partial charge in [0.15, 0.2) is 0 Å². The van der Waals surface area contributed by atoms with Crippen LogP contribution in [0.15, 0.2) is 0 Å². The molecule has 0 amide bonds. The van der Waals surface area contributed by atoms with E-state index in [1.807, 2.05) is 0 Å². The van der Waals surface area contributed by atoms with E-state index in [4.69, 9.17) is 0 Å². The van der Waals surface area contributed by atoms with Crippen molar-refractivity contribution >= 4 is 0 Å². The minimum absolute atomic E-state index is 0.818. The molecule has 0 heterocycles. The lowest BCUT2D eigenvalue weighted by atomic mass is 9.82. The Hall–Kier alpha value is -0.0400. The van der Waals surface area contributed by atoms with Crippen LogP contribution in [0.25, 0.3) is 0 Å². The molecule has 1 atom stereocenters. The van der Waals surface area contributed by atoms with E-state index in [2.05, 4.69) is 12.2 Å². The first-order valence-corrected chi connectivity index (χ1v) is 8.16. The smallest absolute Gasteiger partial charge is 0.00952 e. The molecule has 0 radical (unpaired) electrons. The van der Waals surface area contributed by atoms with Gasteiger partial charge in [-0.2, -0.15) is 0 Å². The Bertz CT molecular complexity index is 188. The molecule has 2 rings (SSSR count). The Kier molecular flexibility index (Phi) is 5.84. The van der Waals surface area contributed by atoms with Crippen LogP contribution in [0.2, 0.25) is 0 Å². The van der Waals surface area contributed by atoms with Crippen LogP contribution in [0.5, 0.6) is 0 Å². The summed E-state index contributed by atoms with van der Waals surface area (Å²) in [5.41, 5.74) is 0. The molecule has 1 unspecified atom stereocenters. The molecule has 0 aromatic rings. The average molecular weight is 237 g/mol. The summed E-state index contributed by atoms with van der Waals surface area (Å²) in [7, 11) is 0. The maximum Gasteiger partial charge on any atom is 0.00952 e. The zero-order chi connectivity index (χ0) is 11.9. The van der Waals surface area contributed by atoms with Gasteiger partial charge in [0, 0.05) is 12.1 Å². The average Bonchev–Trinajstić information content (AvgIpc) is 2.65. The van der Waals surface area contributed by atoms with Crippen molar-refractivity contribution < 1.29 is 0 Å². The predicted molar refractivity (Wildman–Crippen MR) is 75.3 cm³/mol. The Morgan fingerprint density at radius 1 is 0.824 bits per heavy atom. The van der Waals surface area contributed by atoms with Crippen LogP contribution >= 0.6 is 0 Å². The fourth-order valence-corrected chi connectivity index (χ4v) is 3.87. The molecular weight excluding hydrogens is 206 g/mol. The van der Waals surface area contributed by atoms with Crippen LogP contribution < -0.4 is 5.32 Å². The third kappa shape index (κ3) is 4.28. The number of hydrogen-bond acceptors (Lipinski definition) is 1. The van der Waals surface area contributed by atoms with Gasteiger partial charge in [0.25, 0.3) is 0 Å². The monoisotopic (exact) mass is 237 g/mol. The Balaban J connectivity index is 1.80. The Morgan fingerprint density at radius 2 is 1.35 bits per heavy atom. The lowest BCUT2D eigenvalue weighted by Crippen LogP contribution is -2.43. The second kappa shape index (κ2) is 7.41. The van der Waals surface area contributed by atoms with Gasteiger partial charge in [-0.3, -0.25) is 0 Å². The summed E-state index contributed by atoms with van der Waals surface area (Å²) in [6.45, 7) is 2.38. The first-order chi connectivity index (χ1) is 8.40. The van der Waals surface area contributed by atoms with Crippen molar-refractivity contribution in [2.24, 2.45) is 5.92 Å². The van der Waals surface area contributed by atoms with E-state index in [0.29, 0.717) is 0 Å². The zero-order valence-corrected chi connectivity index (χ0v) is 11.7. The topological polar surface area (TPSA) is 12.0 Å². The summed E-state index contributed by atoms with van der Waals surface area (Å²) in [4.78, 5) is 0. The molecule has 1 heteroatoms. The largest absolute Gasteiger partial charge is 0.311 e. The maximum atomic E-state index is 4.02. The molecule has 0 spiro atoms. The standard InChI is InChI=1S/C16H31N/c1-2-16(14-10-6-5-7-11-14)17-15-12-8-3-4-9-13-15/h14-17H,2-13H2,1H3. The van der Waals surface area contributed by atoms with Gasteiger partial charge in [-0.05, 0) is 38.0 Å². The lowest BCUT2D eigenvalue weighted by molar-refractivity contribution is 0.238. The minimum Gasteiger partial charge on any atom is -0.311 e. The molecule has 0 aliphatic heterocycles. The lowest BCUT2D eigenvalue weighted by Gasteiger charge is -2.33. The van der Waals surface area contributed by atoms with Crippen molar-refractivity contribution in [3.63, 3.8) is 0 Å². The van der Waals surface area contributed by atoms with Crippen LogP contribution in [0.3, 0.4) is 0 Å². The van der Waals surface area contributed by atoms with Crippen molar-refractivity contribution in [1.82, 2.24) is 5.32 Å². The Morgan fingerprint density at radius 3 is 1.94 bits per heavy atom. The second-order valence-corrected chi connectivity index (χ2v) is 6.27. The molecule has 2 aliphatic rings. The third-order valence-corrected chi connectivity index (χ3v) is 4.96. The van der Waals surface area contributed by atoms with Crippen molar-refractivity contribution in [3.05, 3.63) is 0 Å². The van der Waals surface area contributed by atoms with Crippen molar-refractivity contribution in [2.45, 2.75) is 96.1 Å². The van der Waals surface area contributed by atoms with Gasteiger partial charge in [-0.15, -0.1) is 0 Å². The van der Waals surface area contributed by atoms with E-state index >= 15 is 0 Å². The normalized spacial score (nSPS) is 26.6. The van der Waals surface area contributed by atoms with Crippen LogP contribution in [0.1, 0.15) is 84.0 Å². The van der Waals surface area contributed by atoms with E-state index in [1.165, 1.54) is 77.0 Å². The number of nitrogens with one attached hydrogen (secondary N) is 1. The highest BCUT2D eigenvalue weighted by Gasteiger charge is 2.24. The van der Waals surface area contributed by atoms with Crippen LogP contribution in [-0.2, 0) is 0 Å². The first-order valence-electron chi connectivity index (χ1n) is 8.16. The summed E-state index contributed by atoms with van der Waals surface area (Å²) in [5.74, 6) is 0.983.